The maximum absolute atomic E-state index is 13.6. The first-order valence-electron chi connectivity index (χ1n) is 6.08. The molecular weight excluding hydrogens is 225 g/mol. The molecule has 0 saturated carbocycles. The molecular formula is C16H18FN. The predicted octanol–water partition coefficient (Wildman–Crippen LogP) is 3.55. The van der Waals surface area contributed by atoms with E-state index in [4.69, 9.17) is 5.73 Å². The largest absolute Gasteiger partial charge is 0.321 e. The fourth-order valence-electron chi connectivity index (χ4n) is 2.07. The third-order valence-electron chi connectivity index (χ3n) is 3.23. The SMILES string of the molecule is Cc1ccc(C(C)(N)Cc2ccccc2F)cc1. The lowest BCUT2D eigenvalue weighted by Crippen LogP contribution is -2.35. The molecule has 2 heteroatoms. The number of nitrogens with two attached hydrogens (primary N) is 1. The molecule has 0 radical (unpaired) electrons. The standard InChI is InChI=1S/C16H18FN/c1-12-7-9-14(10-8-12)16(2,18)11-13-5-3-4-6-15(13)17/h3-10H,11,18H2,1-2H3. The molecule has 2 aromatic rings. The molecule has 1 atom stereocenters. The molecule has 0 saturated heterocycles. The maximum Gasteiger partial charge on any atom is 0.126 e. The van der Waals surface area contributed by atoms with Crippen LogP contribution in [0.15, 0.2) is 48.5 Å². The van der Waals surface area contributed by atoms with Gasteiger partial charge < -0.3 is 5.73 Å². The van der Waals surface area contributed by atoms with Crippen LogP contribution in [-0.4, -0.2) is 0 Å². The maximum atomic E-state index is 13.6. The minimum absolute atomic E-state index is 0.193. The van der Waals surface area contributed by atoms with Crippen LogP contribution in [0.5, 0.6) is 0 Å². The Kier molecular flexibility index (Phi) is 3.48. The average molecular weight is 243 g/mol. The number of aryl methyl sites for hydroxylation is 1. The number of benzene rings is 2. The number of halogens is 1. The first-order chi connectivity index (χ1) is 8.49. The van der Waals surface area contributed by atoms with Crippen molar-refractivity contribution in [2.45, 2.75) is 25.8 Å². The molecule has 0 heterocycles. The highest BCUT2D eigenvalue weighted by atomic mass is 19.1. The third-order valence-corrected chi connectivity index (χ3v) is 3.23. The summed E-state index contributed by atoms with van der Waals surface area (Å²) in [5, 5.41) is 0. The lowest BCUT2D eigenvalue weighted by molar-refractivity contribution is 0.475. The summed E-state index contributed by atoms with van der Waals surface area (Å²) in [5.41, 5.74) is 8.64. The Morgan fingerprint density at radius 3 is 2.28 bits per heavy atom. The van der Waals surface area contributed by atoms with E-state index < -0.39 is 5.54 Å². The summed E-state index contributed by atoms with van der Waals surface area (Å²) in [6.45, 7) is 3.97. The van der Waals surface area contributed by atoms with Gasteiger partial charge >= 0.3 is 0 Å². The summed E-state index contributed by atoms with van der Waals surface area (Å²) in [4.78, 5) is 0. The molecule has 0 amide bonds. The minimum Gasteiger partial charge on any atom is -0.321 e. The van der Waals surface area contributed by atoms with Gasteiger partial charge in [-0.05, 0) is 37.5 Å². The Balaban J connectivity index is 2.27. The van der Waals surface area contributed by atoms with E-state index in [1.807, 2.05) is 44.2 Å². The van der Waals surface area contributed by atoms with Gasteiger partial charge in [-0.2, -0.15) is 0 Å². The molecule has 0 aliphatic heterocycles. The lowest BCUT2D eigenvalue weighted by Gasteiger charge is -2.25. The zero-order valence-electron chi connectivity index (χ0n) is 10.8. The van der Waals surface area contributed by atoms with E-state index >= 15 is 0 Å². The van der Waals surface area contributed by atoms with Crippen molar-refractivity contribution in [2.24, 2.45) is 5.73 Å². The average Bonchev–Trinajstić information content (AvgIpc) is 2.32. The van der Waals surface area contributed by atoms with E-state index in [0.29, 0.717) is 12.0 Å². The second kappa shape index (κ2) is 4.91. The molecule has 0 bridgehead atoms. The summed E-state index contributed by atoms with van der Waals surface area (Å²) < 4.78 is 13.6. The fraction of sp³-hybridized carbons (Fsp3) is 0.250. The van der Waals surface area contributed by atoms with Crippen LogP contribution in [0, 0.1) is 12.7 Å². The van der Waals surface area contributed by atoms with Crippen LogP contribution in [0.4, 0.5) is 4.39 Å². The smallest absolute Gasteiger partial charge is 0.126 e. The Morgan fingerprint density at radius 2 is 1.67 bits per heavy atom. The second-order valence-electron chi connectivity index (χ2n) is 5.05. The van der Waals surface area contributed by atoms with Gasteiger partial charge in [0.2, 0.25) is 0 Å². The molecule has 0 fully saturated rings. The van der Waals surface area contributed by atoms with Crippen molar-refractivity contribution in [3.8, 4) is 0 Å². The van der Waals surface area contributed by atoms with Crippen LogP contribution in [0.3, 0.4) is 0 Å². The summed E-state index contributed by atoms with van der Waals surface area (Å²) in [6, 6.07) is 14.9. The molecule has 0 aromatic heterocycles. The van der Waals surface area contributed by atoms with Gasteiger partial charge in [0.1, 0.15) is 5.82 Å². The van der Waals surface area contributed by atoms with E-state index in [2.05, 4.69) is 0 Å². The number of hydrogen-bond acceptors (Lipinski definition) is 1. The topological polar surface area (TPSA) is 26.0 Å². The zero-order chi connectivity index (χ0) is 13.2. The molecule has 2 N–H and O–H groups in total. The highest BCUT2D eigenvalue weighted by Crippen LogP contribution is 2.24. The molecule has 1 unspecified atom stereocenters. The van der Waals surface area contributed by atoms with Crippen molar-refractivity contribution in [1.82, 2.24) is 0 Å². The Hall–Kier alpha value is -1.67. The highest BCUT2D eigenvalue weighted by molar-refractivity contribution is 5.30. The summed E-state index contributed by atoms with van der Waals surface area (Å²) in [7, 11) is 0. The van der Waals surface area contributed by atoms with Crippen molar-refractivity contribution >= 4 is 0 Å². The first kappa shape index (κ1) is 12.8. The number of hydrogen-bond donors (Lipinski definition) is 1. The highest BCUT2D eigenvalue weighted by Gasteiger charge is 2.22. The van der Waals surface area contributed by atoms with Gasteiger partial charge in [0, 0.05) is 5.54 Å². The van der Waals surface area contributed by atoms with Crippen LogP contribution in [-0.2, 0) is 12.0 Å². The van der Waals surface area contributed by atoms with Crippen molar-refractivity contribution in [2.75, 3.05) is 0 Å². The van der Waals surface area contributed by atoms with Crippen LogP contribution in [0.25, 0.3) is 0 Å². The molecule has 1 nitrogen and oxygen atoms in total. The predicted molar refractivity (Wildman–Crippen MR) is 72.8 cm³/mol. The van der Waals surface area contributed by atoms with E-state index in [9.17, 15) is 4.39 Å². The minimum atomic E-state index is -0.560. The molecule has 94 valence electrons. The summed E-state index contributed by atoms with van der Waals surface area (Å²) in [5.74, 6) is -0.193. The molecule has 18 heavy (non-hydrogen) atoms. The Bertz CT molecular complexity index is 529. The normalized spacial score (nSPS) is 14.2. The fourth-order valence-corrected chi connectivity index (χ4v) is 2.07. The van der Waals surface area contributed by atoms with Crippen LogP contribution in [0.2, 0.25) is 0 Å². The van der Waals surface area contributed by atoms with Crippen molar-refractivity contribution in [3.05, 3.63) is 71.0 Å². The van der Waals surface area contributed by atoms with Gasteiger partial charge in [0.25, 0.3) is 0 Å². The zero-order valence-corrected chi connectivity index (χ0v) is 10.8. The van der Waals surface area contributed by atoms with E-state index in [-0.39, 0.29) is 5.82 Å². The molecule has 0 aliphatic rings. The molecule has 2 aromatic carbocycles. The summed E-state index contributed by atoms with van der Waals surface area (Å²) in [6.07, 6.45) is 0.489. The molecule has 0 spiro atoms. The van der Waals surface area contributed by atoms with Gasteiger partial charge in [-0.1, -0.05) is 48.0 Å². The third kappa shape index (κ3) is 2.77. The number of rotatable bonds is 3. The van der Waals surface area contributed by atoms with Gasteiger partial charge in [-0.25, -0.2) is 4.39 Å². The Morgan fingerprint density at radius 1 is 1.06 bits per heavy atom. The lowest BCUT2D eigenvalue weighted by atomic mass is 9.86. The van der Waals surface area contributed by atoms with Crippen molar-refractivity contribution in [3.63, 3.8) is 0 Å². The van der Waals surface area contributed by atoms with Gasteiger partial charge in [-0.3, -0.25) is 0 Å². The Labute approximate surface area is 107 Å². The van der Waals surface area contributed by atoms with E-state index in [1.54, 1.807) is 12.1 Å². The molecule has 2 rings (SSSR count). The quantitative estimate of drug-likeness (QED) is 0.876. The van der Waals surface area contributed by atoms with Crippen LogP contribution in [0.1, 0.15) is 23.6 Å². The van der Waals surface area contributed by atoms with Crippen molar-refractivity contribution < 1.29 is 4.39 Å². The van der Waals surface area contributed by atoms with Crippen LogP contribution < -0.4 is 5.73 Å². The second-order valence-corrected chi connectivity index (χ2v) is 5.05. The van der Waals surface area contributed by atoms with E-state index in [0.717, 1.165) is 5.56 Å². The first-order valence-corrected chi connectivity index (χ1v) is 6.08. The van der Waals surface area contributed by atoms with Gasteiger partial charge in [0.05, 0.1) is 0 Å². The van der Waals surface area contributed by atoms with Crippen molar-refractivity contribution in [1.29, 1.82) is 0 Å². The monoisotopic (exact) mass is 243 g/mol. The van der Waals surface area contributed by atoms with Gasteiger partial charge in [-0.15, -0.1) is 0 Å². The van der Waals surface area contributed by atoms with Crippen LogP contribution >= 0.6 is 0 Å². The van der Waals surface area contributed by atoms with E-state index in [1.165, 1.54) is 11.6 Å². The summed E-state index contributed by atoms with van der Waals surface area (Å²) >= 11 is 0. The van der Waals surface area contributed by atoms with Gasteiger partial charge in [0.15, 0.2) is 0 Å². The molecule has 0 aliphatic carbocycles.